The maximum Gasteiger partial charge on any atom is 0.291 e. The maximum atomic E-state index is 11.5. The quantitative estimate of drug-likeness (QED) is 0.229. The molecular formula is C24H21N3O6S. The lowest BCUT2D eigenvalue weighted by molar-refractivity contribution is -0.396. The first kappa shape index (κ1) is 23.2. The number of nitro benzene ring substituents is 2. The van der Waals surface area contributed by atoms with E-state index in [0.29, 0.717) is 6.42 Å². The Labute approximate surface area is 199 Å². The maximum absolute atomic E-state index is 11.5. The van der Waals surface area contributed by atoms with Crippen molar-refractivity contribution in [2.75, 3.05) is 14.2 Å². The predicted octanol–water partition coefficient (Wildman–Crippen LogP) is 5.75. The van der Waals surface area contributed by atoms with Crippen LogP contribution in [0.3, 0.4) is 0 Å². The Balaban J connectivity index is 1.75. The standard InChI is InChI=1S/C24H21N3O6S/c1-32-19-8-3-16(4-9-19)24(17-5-10-20(33-2)11-6-17)14-13-23(24)25-34-22-12-7-18(26(28)29)15-21(22)27(30)31/h3-12,15H,13-14H2,1-2H3/b25-23+. The second-order valence-electron chi connectivity index (χ2n) is 7.66. The molecule has 3 aromatic carbocycles. The summed E-state index contributed by atoms with van der Waals surface area (Å²) in [6.45, 7) is 0. The van der Waals surface area contributed by atoms with Crippen LogP contribution in [0.5, 0.6) is 11.5 Å². The molecule has 0 unspecified atom stereocenters. The molecule has 0 aromatic heterocycles. The molecule has 174 valence electrons. The summed E-state index contributed by atoms with van der Waals surface area (Å²) < 4.78 is 15.3. The van der Waals surface area contributed by atoms with E-state index in [0.717, 1.165) is 52.8 Å². The van der Waals surface area contributed by atoms with Crippen LogP contribution in [-0.2, 0) is 5.41 Å². The van der Waals surface area contributed by atoms with E-state index in [2.05, 4.69) is 0 Å². The SMILES string of the molecule is COc1ccc(C2(c3ccc(OC)cc3)CC/C2=N\Sc2ccc([N+](=O)[O-])cc2[N+](=O)[O-])cc1. The van der Waals surface area contributed by atoms with Gasteiger partial charge in [-0.1, -0.05) is 24.3 Å². The minimum atomic E-state index is -0.655. The molecule has 9 nitrogen and oxygen atoms in total. The van der Waals surface area contributed by atoms with E-state index in [4.69, 9.17) is 13.9 Å². The number of rotatable bonds is 8. The lowest BCUT2D eigenvalue weighted by Gasteiger charge is -2.44. The lowest BCUT2D eigenvalue weighted by atomic mass is 9.59. The van der Waals surface area contributed by atoms with Crippen molar-refractivity contribution in [3.63, 3.8) is 0 Å². The Morgan fingerprint density at radius 2 is 1.41 bits per heavy atom. The minimum Gasteiger partial charge on any atom is -0.497 e. The largest absolute Gasteiger partial charge is 0.497 e. The Kier molecular flexibility index (Phi) is 6.51. The van der Waals surface area contributed by atoms with Gasteiger partial charge in [0.2, 0.25) is 0 Å². The molecule has 0 N–H and O–H groups in total. The predicted molar refractivity (Wildman–Crippen MR) is 129 cm³/mol. The number of methoxy groups -OCH3 is 2. The van der Waals surface area contributed by atoms with Crippen molar-refractivity contribution in [3.05, 3.63) is 98.1 Å². The molecule has 34 heavy (non-hydrogen) atoms. The number of non-ortho nitro benzene ring substituents is 1. The van der Waals surface area contributed by atoms with E-state index >= 15 is 0 Å². The lowest BCUT2D eigenvalue weighted by Crippen LogP contribution is -2.46. The highest BCUT2D eigenvalue weighted by atomic mass is 32.2. The van der Waals surface area contributed by atoms with Crippen LogP contribution in [0.4, 0.5) is 11.4 Å². The van der Waals surface area contributed by atoms with Gasteiger partial charge >= 0.3 is 0 Å². The second-order valence-corrected chi connectivity index (χ2v) is 8.46. The average molecular weight is 480 g/mol. The molecule has 0 bridgehead atoms. The number of nitrogens with zero attached hydrogens (tertiary/aromatic N) is 3. The van der Waals surface area contributed by atoms with Crippen LogP contribution in [0.25, 0.3) is 0 Å². The first-order valence-electron chi connectivity index (χ1n) is 10.4. The Bertz CT molecular complexity index is 1210. The fraction of sp³-hybridized carbons (Fsp3) is 0.208. The molecule has 1 fully saturated rings. The zero-order valence-corrected chi connectivity index (χ0v) is 19.3. The molecule has 0 spiro atoms. The fourth-order valence-electron chi connectivity index (χ4n) is 4.09. The topological polar surface area (TPSA) is 117 Å². The number of hydrogen-bond donors (Lipinski definition) is 0. The average Bonchev–Trinajstić information content (AvgIpc) is 2.84. The highest BCUT2D eigenvalue weighted by Crippen LogP contribution is 2.49. The smallest absolute Gasteiger partial charge is 0.291 e. The van der Waals surface area contributed by atoms with E-state index in [1.807, 2.05) is 48.5 Å². The van der Waals surface area contributed by atoms with Crippen molar-refractivity contribution in [3.8, 4) is 11.5 Å². The summed E-state index contributed by atoms with van der Waals surface area (Å²) in [7, 11) is 3.22. The molecule has 0 heterocycles. The molecule has 1 aliphatic carbocycles. The van der Waals surface area contributed by atoms with Gasteiger partial charge in [-0.3, -0.25) is 20.2 Å². The van der Waals surface area contributed by atoms with Crippen molar-refractivity contribution in [2.24, 2.45) is 4.40 Å². The van der Waals surface area contributed by atoms with Crippen molar-refractivity contribution in [1.29, 1.82) is 0 Å². The van der Waals surface area contributed by atoms with Gasteiger partial charge < -0.3 is 9.47 Å². The van der Waals surface area contributed by atoms with Gasteiger partial charge in [0.1, 0.15) is 16.4 Å². The molecule has 0 aliphatic heterocycles. The van der Waals surface area contributed by atoms with Gasteiger partial charge in [-0.05, 0) is 54.3 Å². The first-order chi connectivity index (χ1) is 16.4. The molecule has 3 aromatic rings. The van der Waals surface area contributed by atoms with E-state index in [1.165, 1.54) is 12.1 Å². The zero-order valence-electron chi connectivity index (χ0n) is 18.5. The molecule has 1 saturated carbocycles. The van der Waals surface area contributed by atoms with E-state index < -0.39 is 15.3 Å². The van der Waals surface area contributed by atoms with Gasteiger partial charge in [0, 0.05) is 23.7 Å². The number of benzene rings is 3. The van der Waals surface area contributed by atoms with Crippen molar-refractivity contribution >= 4 is 29.0 Å². The Hall–Kier alpha value is -3.92. The number of hydrogen-bond acceptors (Lipinski definition) is 8. The normalized spacial score (nSPS) is 15.4. The molecule has 10 heteroatoms. The summed E-state index contributed by atoms with van der Waals surface area (Å²) in [5.74, 6) is 1.48. The summed E-state index contributed by atoms with van der Waals surface area (Å²) in [6, 6.07) is 19.1. The number of nitro groups is 2. The minimum absolute atomic E-state index is 0.244. The zero-order chi connectivity index (χ0) is 24.3. The molecular weight excluding hydrogens is 458 g/mol. The first-order valence-corrected chi connectivity index (χ1v) is 11.1. The van der Waals surface area contributed by atoms with Gasteiger partial charge in [-0.2, -0.15) is 0 Å². The molecule has 0 amide bonds. The van der Waals surface area contributed by atoms with Crippen LogP contribution in [-0.4, -0.2) is 29.8 Å². The van der Waals surface area contributed by atoms with Crippen LogP contribution in [0, 0.1) is 20.2 Å². The highest BCUT2D eigenvalue weighted by molar-refractivity contribution is 7.98. The Morgan fingerprint density at radius 3 is 1.82 bits per heavy atom. The van der Waals surface area contributed by atoms with E-state index in [9.17, 15) is 20.2 Å². The van der Waals surface area contributed by atoms with Crippen LogP contribution in [0.15, 0.2) is 76.0 Å². The third-order valence-corrected chi connectivity index (χ3v) is 6.85. The summed E-state index contributed by atoms with van der Waals surface area (Å²) in [4.78, 5) is 21.5. The number of ether oxygens (including phenoxy) is 2. The molecule has 0 saturated heterocycles. The molecule has 1 aliphatic rings. The van der Waals surface area contributed by atoms with E-state index in [-0.39, 0.29) is 16.3 Å². The van der Waals surface area contributed by atoms with Crippen molar-refractivity contribution < 1.29 is 19.3 Å². The van der Waals surface area contributed by atoms with Crippen molar-refractivity contribution in [2.45, 2.75) is 23.2 Å². The summed E-state index contributed by atoms with van der Waals surface area (Å²) in [5, 5.41) is 22.5. The Morgan fingerprint density at radius 1 is 0.853 bits per heavy atom. The summed E-state index contributed by atoms with van der Waals surface area (Å²) in [6.07, 6.45) is 1.53. The highest BCUT2D eigenvalue weighted by Gasteiger charge is 2.47. The van der Waals surface area contributed by atoms with Crippen LogP contribution in [0.2, 0.25) is 0 Å². The third kappa shape index (κ3) is 4.19. The monoisotopic (exact) mass is 479 g/mol. The van der Waals surface area contributed by atoms with E-state index in [1.54, 1.807) is 14.2 Å². The summed E-state index contributed by atoms with van der Waals surface area (Å²) >= 11 is 0.961. The molecule has 0 atom stereocenters. The fourth-order valence-corrected chi connectivity index (χ4v) is 4.91. The summed E-state index contributed by atoms with van der Waals surface area (Å²) in [5.41, 5.74) is 1.74. The van der Waals surface area contributed by atoms with Crippen LogP contribution >= 0.6 is 11.9 Å². The van der Waals surface area contributed by atoms with Gasteiger partial charge in [0.15, 0.2) is 0 Å². The molecule has 0 radical (unpaired) electrons. The van der Waals surface area contributed by atoms with Gasteiger partial charge in [0.05, 0.1) is 35.5 Å². The van der Waals surface area contributed by atoms with Crippen molar-refractivity contribution in [1.82, 2.24) is 0 Å². The van der Waals surface area contributed by atoms with Gasteiger partial charge in [-0.15, -0.1) is 0 Å². The molecule has 4 rings (SSSR count). The third-order valence-electron chi connectivity index (χ3n) is 6.00. The van der Waals surface area contributed by atoms with Crippen LogP contribution < -0.4 is 9.47 Å². The second kappa shape index (κ2) is 9.52. The van der Waals surface area contributed by atoms with Crippen LogP contribution in [0.1, 0.15) is 24.0 Å². The van der Waals surface area contributed by atoms with Gasteiger partial charge in [-0.25, -0.2) is 4.40 Å². The van der Waals surface area contributed by atoms with Gasteiger partial charge in [0.25, 0.3) is 11.4 Å².